The number of rotatable bonds is 3. The van der Waals surface area contributed by atoms with Crippen molar-refractivity contribution in [1.82, 2.24) is 15.0 Å². The Morgan fingerprint density at radius 3 is 1.84 bits per heavy atom. The van der Waals surface area contributed by atoms with Gasteiger partial charge in [-0.15, -0.1) is 0 Å². The lowest BCUT2D eigenvalue weighted by Gasteiger charge is -2.09. The van der Waals surface area contributed by atoms with E-state index in [-0.39, 0.29) is 0 Å². The second-order valence-electron chi connectivity index (χ2n) is 7.23. The van der Waals surface area contributed by atoms with Crippen molar-refractivity contribution in [2.75, 3.05) is 0 Å². The summed E-state index contributed by atoms with van der Waals surface area (Å²) in [7, 11) is 0. The van der Waals surface area contributed by atoms with Crippen LogP contribution in [0.15, 0.2) is 108 Å². The Bertz CT molecular complexity index is 1520. The van der Waals surface area contributed by atoms with Crippen molar-refractivity contribution in [3.63, 3.8) is 0 Å². The highest BCUT2D eigenvalue weighted by Gasteiger charge is 2.17. The van der Waals surface area contributed by atoms with Crippen LogP contribution in [0.4, 0.5) is 0 Å². The van der Waals surface area contributed by atoms with Crippen molar-refractivity contribution >= 4 is 21.9 Å². The SMILES string of the molecule is [2H]c1cccc2c1oc1cccc(-c3nc(-c4ccccc4)nc(-c4ccccc4)n3)c12. The largest absolute Gasteiger partial charge is 0.456 e. The van der Waals surface area contributed by atoms with Crippen LogP contribution in [0.2, 0.25) is 0 Å². The maximum Gasteiger partial charge on any atom is 0.164 e. The van der Waals surface area contributed by atoms with E-state index in [0.717, 1.165) is 27.5 Å². The van der Waals surface area contributed by atoms with Gasteiger partial charge in [0.25, 0.3) is 0 Å². The van der Waals surface area contributed by atoms with E-state index in [1.807, 2.05) is 91.0 Å². The van der Waals surface area contributed by atoms with Gasteiger partial charge >= 0.3 is 0 Å². The Kier molecular flexibility index (Phi) is 3.82. The summed E-state index contributed by atoms with van der Waals surface area (Å²) < 4.78 is 14.2. The summed E-state index contributed by atoms with van der Waals surface area (Å²) in [5, 5.41) is 1.78. The normalized spacial score (nSPS) is 11.7. The van der Waals surface area contributed by atoms with Gasteiger partial charge in [0.15, 0.2) is 17.5 Å². The number of furan rings is 1. The third-order valence-electron chi connectivity index (χ3n) is 5.27. The van der Waals surface area contributed by atoms with Crippen molar-refractivity contribution in [1.29, 1.82) is 0 Å². The number of hydrogen-bond donors (Lipinski definition) is 0. The van der Waals surface area contributed by atoms with Gasteiger partial charge in [0.1, 0.15) is 11.2 Å². The van der Waals surface area contributed by atoms with Gasteiger partial charge in [-0.1, -0.05) is 91.0 Å². The molecule has 0 aliphatic heterocycles. The van der Waals surface area contributed by atoms with E-state index in [1.54, 1.807) is 6.07 Å². The molecule has 31 heavy (non-hydrogen) atoms. The van der Waals surface area contributed by atoms with Gasteiger partial charge in [0.2, 0.25) is 0 Å². The van der Waals surface area contributed by atoms with Crippen LogP contribution in [-0.2, 0) is 0 Å². The minimum Gasteiger partial charge on any atom is -0.456 e. The number of fused-ring (bicyclic) bond motifs is 3. The molecule has 0 bridgehead atoms. The summed E-state index contributed by atoms with van der Waals surface area (Å²) in [5.41, 5.74) is 3.97. The first-order valence-electron chi connectivity index (χ1n) is 10.6. The summed E-state index contributed by atoms with van der Waals surface area (Å²) in [5.74, 6) is 1.79. The molecule has 2 aromatic heterocycles. The van der Waals surface area contributed by atoms with Crippen molar-refractivity contribution in [2.24, 2.45) is 0 Å². The van der Waals surface area contributed by atoms with Crippen LogP contribution < -0.4 is 0 Å². The molecule has 0 fully saturated rings. The van der Waals surface area contributed by atoms with Crippen LogP contribution in [-0.4, -0.2) is 15.0 Å². The molecule has 0 aliphatic carbocycles. The molecule has 0 aliphatic rings. The number of para-hydroxylation sites is 1. The number of benzene rings is 4. The standard InChI is InChI=1S/C27H17N3O/c1-3-10-18(11-4-1)25-28-26(19-12-5-2-6-13-19)30-27(29-25)21-15-9-17-23-24(21)20-14-7-8-16-22(20)31-23/h1-17H/i16D. The first kappa shape index (κ1) is 16.5. The minimum absolute atomic E-state index is 0.357. The predicted molar refractivity (Wildman–Crippen MR) is 123 cm³/mol. The Morgan fingerprint density at radius 1 is 0.548 bits per heavy atom. The van der Waals surface area contributed by atoms with Gasteiger partial charge in [0.05, 0.1) is 1.37 Å². The van der Waals surface area contributed by atoms with Gasteiger partial charge in [-0.2, -0.15) is 0 Å². The average Bonchev–Trinajstić information content (AvgIpc) is 3.25. The maximum atomic E-state index is 8.23. The Balaban J connectivity index is 1.66. The van der Waals surface area contributed by atoms with E-state index in [1.165, 1.54) is 0 Å². The van der Waals surface area contributed by atoms with Crippen molar-refractivity contribution in [2.45, 2.75) is 0 Å². The van der Waals surface area contributed by atoms with Crippen LogP contribution in [0.3, 0.4) is 0 Å². The Hall–Kier alpha value is -4.31. The van der Waals surface area contributed by atoms with Gasteiger partial charge in [-0.25, -0.2) is 15.0 Å². The lowest BCUT2D eigenvalue weighted by molar-refractivity contribution is 0.669. The fourth-order valence-corrected chi connectivity index (χ4v) is 3.82. The molecule has 4 heteroatoms. The third kappa shape index (κ3) is 3.06. The van der Waals surface area contributed by atoms with Crippen molar-refractivity contribution in [3.05, 3.63) is 103 Å². The molecule has 0 spiro atoms. The first-order chi connectivity index (χ1) is 15.8. The lowest BCUT2D eigenvalue weighted by Crippen LogP contribution is -2.00. The second kappa shape index (κ2) is 7.18. The number of nitrogens with zero attached hydrogens (tertiary/aromatic N) is 3. The molecule has 4 nitrogen and oxygen atoms in total. The zero-order chi connectivity index (χ0) is 21.5. The minimum atomic E-state index is 0.357. The Labute approximate surface area is 180 Å². The molecule has 146 valence electrons. The molecular weight excluding hydrogens is 382 g/mol. The summed E-state index contributed by atoms with van der Waals surface area (Å²) in [6.07, 6.45) is 0. The van der Waals surface area contributed by atoms with Gasteiger partial charge < -0.3 is 4.42 Å². The third-order valence-corrected chi connectivity index (χ3v) is 5.27. The molecule has 6 aromatic rings. The fraction of sp³-hybridized carbons (Fsp3) is 0. The first-order valence-corrected chi connectivity index (χ1v) is 10.1. The van der Waals surface area contributed by atoms with E-state index in [9.17, 15) is 0 Å². The molecule has 2 heterocycles. The van der Waals surface area contributed by atoms with Gasteiger partial charge in [-0.3, -0.25) is 0 Å². The summed E-state index contributed by atoms with van der Waals surface area (Å²) in [4.78, 5) is 14.5. The molecule has 6 rings (SSSR count). The molecule has 0 radical (unpaired) electrons. The predicted octanol–water partition coefficient (Wildman–Crippen LogP) is 6.77. The van der Waals surface area contributed by atoms with E-state index in [2.05, 4.69) is 0 Å². The molecule has 0 atom stereocenters. The van der Waals surface area contributed by atoms with Crippen LogP contribution in [0.1, 0.15) is 1.37 Å². The Morgan fingerprint density at radius 2 is 1.16 bits per heavy atom. The summed E-state index contributed by atoms with van der Waals surface area (Å²) >= 11 is 0. The molecule has 0 unspecified atom stereocenters. The van der Waals surface area contributed by atoms with Crippen LogP contribution in [0, 0.1) is 0 Å². The highest BCUT2D eigenvalue weighted by Crippen LogP contribution is 2.36. The monoisotopic (exact) mass is 400 g/mol. The van der Waals surface area contributed by atoms with E-state index < -0.39 is 0 Å². The molecule has 4 aromatic carbocycles. The molecule has 0 N–H and O–H groups in total. The zero-order valence-corrected chi connectivity index (χ0v) is 16.5. The smallest absolute Gasteiger partial charge is 0.164 e. The van der Waals surface area contributed by atoms with E-state index in [4.69, 9.17) is 20.7 Å². The summed E-state index contributed by atoms with van der Waals surface area (Å²) in [6.45, 7) is 0. The average molecular weight is 400 g/mol. The highest BCUT2D eigenvalue weighted by molar-refractivity contribution is 6.11. The van der Waals surface area contributed by atoms with Crippen LogP contribution in [0.25, 0.3) is 56.1 Å². The lowest BCUT2D eigenvalue weighted by atomic mass is 10.1. The van der Waals surface area contributed by atoms with Crippen molar-refractivity contribution in [3.8, 4) is 34.2 Å². The zero-order valence-electron chi connectivity index (χ0n) is 17.5. The fourth-order valence-electron chi connectivity index (χ4n) is 3.82. The molecular formula is C27H17N3O. The maximum absolute atomic E-state index is 8.23. The quantitative estimate of drug-likeness (QED) is 0.329. The molecule has 0 saturated heterocycles. The van der Waals surface area contributed by atoms with Crippen LogP contribution in [0.5, 0.6) is 0 Å². The molecule has 0 amide bonds. The topological polar surface area (TPSA) is 51.8 Å². The summed E-state index contributed by atoms with van der Waals surface area (Å²) in [6, 6.07) is 31.6. The van der Waals surface area contributed by atoms with E-state index >= 15 is 0 Å². The van der Waals surface area contributed by atoms with Gasteiger partial charge in [-0.05, 0) is 12.1 Å². The van der Waals surface area contributed by atoms with Crippen LogP contribution >= 0.6 is 0 Å². The van der Waals surface area contributed by atoms with Crippen molar-refractivity contribution < 1.29 is 5.79 Å². The second-order valence-corrected chi connectivity index (χ2v) is 7.23. The number of aromatic nitrogens is 3. The number of hydrogen-bond acceptors (Lipinski definition) is 4. The molecule has 0 saturated carbocycles. The van der Waals surface area contributed by atoms with E-state index in [0.29, 0.717) is 34.7 Å². The van der Waals surface area contributed by atoms with Gasteiger partial charge in [0, 0.05) is 27.5 Å². The highest BCUT2D eigenvalue weighted by atomic mass is 16.3.